The van der Waals surface area contributed by atoms with Crippen LogP contribution in [0.4, 0.5) is 5.69 Å². The molecular formula is C18H19N3. The van der Waals surface area contributed by atoms with Gasteiger partial charge >= 0.3 is 0 Å². The SMILES string of the molecule is NC(CCNc1ccnc2ccccc12)c1ccccc1. The second kappa shape index (κ2) is 6.37. The van der Waals surface area contributed by atoms with Gasteiger partial charge < -0.3 is 11.1 Å². The summed E-state index contributed by atoms with van der Waals surface area (Å²) in [6.45, 7) is 0.837. The van der Waals surface area contributed by atoms with Crippen LogP contribution in [0.2, 0.25) is 0 Å². The van der Waals surface area contributed by atoms with E-state index < -0.39 is 0 Å². The molecule has 1 aromatic heterocycles. The first-order valence-corrected chi connectivity index (χ1v) is 7.23. The highest BCUT2D eigenvalue weighted by molar-refractivity contribution is 5.90. The van der Waals surface area contributed by atoms with Gasteiger partial charge in [0.15, 0.2) is 0 Å². The number of para-hydroxylation sites is 1. The Hall–Kier alpha value is -2.39. The van der Waals surface area contributed by atoms with Crippen LogP contribution in [0.15, 0.2) is 66.9 Å². The highest BCUT2D eigenvalue weighted by atomic mass is 14.9. The summed E-state index contributed by atoms with van der Waals surface area (Å²) in [5, 5.41) is 4.61. The predicted octanol–water partition coefficient (Wildman–Crippen LogP) is 3.74. The average molecular weight is 277 g/mol. The molecule has 0 radical (unpaired) electrons. The normalized spacial score (nSPS) is 12.2. The van der Waals surface area contributed by atoms with E-state index >= 15 is 0 Å². The molecule has 1 heterocycles. The summed E-state index contributed by atoms with van der Waals surface area (Å²) >= 11 is 0. The van der Waals surface area contributed by atoms with Crippen molar-refractivity contribution in [3.05, 3.63) is 72.4 Å². The number of hydrogen-bond acceptors (Lipinski definition) is 3. The third-order valence-electron chi connectivity index (χ3n) is 3.65. The van der Waals surface area contributed by atoms with E-state index in [1.807, 2.05) is 48.7 Å². The summed E-state index contributed by atoms with van der Waals surface area (Å²) in [5.41, 5.74) is 9.52. The first kappa shape index (κ1) is 13.6. The van der Waals surface area contributed by atoms with E-state index in [0.717, 1.165) is 29.6 Å². The molecule has 2 aromatic carbocycles. The fraction of sp³-hybridized carbons (Fsp3) is 0.167. The van der Waals surface area contributed by atoms with Crippen molar-refractivity contribution in [2.24, 2.45) is 5.73 Å². The van der Waals surface area contributed by atoms with Gasteiger partial charge in [-0.2, -0.15) is 0 Å². The Balaban J connectivity index is 1.65. The number of aromatic nitrogens is 1. The zero-order chi connectivity index (χ0) is 14.5. The topological polar surface area (TPSA) is 50.9 Å². The molecule has 0 spiro atoms. The molecule has 0 fully saturated rings. The van der Waals surface area contributed by atoms with Crippen molar-refractivity contribution in [3.63, 3.8) is 0 Å². The quantitative estimate of drug-likeness (QED) is 0.747. The molecular weight excluding hydrogens is 258 g/mol. The lowest BCUT2D eigenvalue weighted by Gasteiger charge is -2.14. The molecule has 0 aliphatic heterocycles. The van der Waals surface area contributed by atoms with Gasteiger partial charge in [0.25, 0.3) is 0 Å². The molecule has 0 amide bonds. The smallest absolute Gasteiger partial charge is 0.0722 e. The molecule has 106 valence electrons. The molecule has 1 unspecified atom stereocenters. The lowest BCUT2D eigenvalue weighted by atomic mass is 10.0. The van der Waals surface area contributed by atoms with Gasteiger partial charge in [-0.25, -0.2) is 0 Å². The Kier molecular flexibility index (Phi) is 4.12. The zero-order valence-corrected chi connectivity index (χ0v) is 11.9. The maximum Gasteiger partial charge on any atom is 0.0722 e. The minimum atomic E-state index is 0.0619. The second-order valence-electron chi connectivity index (χ2n) is 5.11. The Morgan fingerprint density at radius 2 is 1.71 bits per heavy atom. The van der Waals surface area contributed by atoms with Crippen LogP contribution in [-0.4, -0.2) is 11.5 Å². The summed E-state index contributed by atoms with van der Waals surface area (Å²) in [6, 6.07) is 20.4. The largest absolute Gasteiger partial charge is 0.384 e. The summed E-state index contributed by atoms with van der Waals surface area (Å²) < 4.78 is 0. The van der Waals surface area contributed by atoms with E-state index in [9.17, 15) is 0 Å². The third-order valence-corrected chi connectivity index (χ3v) is 3.65. The number of rotatable bonds is 5. The van der Waals surface area contributed by atoms with E-state index in [2.05, 4.69) is 28.5 Å². The number of benzene rings is 2. The van der Waals surface area contributed by atoms with Crippen LogP contribution in [0.3, 0.4) is 0 Å². The molecule has 3 heteroatoms. The highest BCUT2D eigenvalue weighted by Crippen LogP contribution is 2.21. The van der Waals surface area contributed by atoms with Crippen molar-refractivity contribution < 1.29 is 0 Å². The number of nitrogens with two attached hydrogens (primary N) is 1. The van der Waals surface area contributed by atoms with Crippen LogP contribution >= 0.6 is 0 Å². The molecule has 1 atom stereocenters. The van der Waals surface area contributed by atoms with Crippen LogP contribution in [0.1, 0.15) is 18.0 Å². The van der Waals surface area contributed by atoms with Gasteiger partial charge in [-0.1, -0.05) is 48.5 Å². The molecule has 0 saturated heterocycles. The van der Waals surface area contributed by atoms with E-state index in [-0.39, 0.29) is 6.04 Å². The number of nitrogens with one attached hydrogen (secondary N) is 1. The summed E-state index contributed by atoms with van der Waals surface area (Å²) in [6.07, 6.45) is 2.72. The van der Waals surface area contributed by atoms with Gasteiger partial charge in [-0.05, 0) is 24.1 Å². The molecule has 0 aliphatic rings. The van der Waals surface area contributed by atoms with Crippen molar-refractivity contribution in [2.45, 2.75) is 12.5 Å². The third kappa shape index (κ3) is 3.20. The van der Waals surface area contributed by atoms with Crippen LogP contribution in [0.5, 0.6) is 0 Å². The van der Waals surface area contributed by atoms with Gasteiger partial charge in [-0.3, -0.25) is 4.98 Å². The van der Waals surface area contributed by atoms with Crippen molar-refractivity contribution in [2.75, 3.05) is 11.9 Å². The van der Waals surface area contributed by atoms with E-state index in [1.165, 1.54) is 5.56 Å². The van der Waals surface area contributed by atoms with E-state index in [1.54, 1.807) is 0 Å². The molecule has 3 N–H and O–H groups in total. The average Bonchev–Trinajstić information content (AvgIpc) is 2.56. The minimum absolute atomic E-state index is 0.0619. The number of pyridine rings is 1. The lowest BCUT2D eigenvalue weighted by molar-refractivity contribution is 0.675. The Bertz CT molecular complexity index is 704. The second-order valence-corrected chi connectivity index (χ2v) is 5.11. The number of fused-ring (bicyclic) bond motifs is 1. The fourth-order valence-corrected chi connectivity index (χ4v) is 2.48. The zero-order valence-electron chi connectivity index (χ0n) is 11.9. The Morgan fingerprint density at radius 1 is 0.952 bits per heavy atom. The fourth-order valence-electron chi connectivity index (χ4n) is 2.48. The van der Waals surface area contributed by atoms with Crippen LogP contribution in [0.25, 0.3) is 10.9 Å². The van der Waals surface area contributed by atoms with Crippen molar-refractivity contribution >= 4 is 16.6 Å². The number of hydrogen-bond donors (Lipinski definition) is 2. The summed E-state index contributed by atoms with van der Waals surface area (Å²) in [7, 11) is 0. The molecule has 0 aliphatic carbocycles. The molecule has 3 nitrogen and oxygen atoms in total. The first-order valence-electron chi connectivity index (χ1n) is 7.23. The maximum absolute atomic E-state index is 6.22. The van der Waals surface area contributed by atoms with Crippen molar-refractivity contribution in [3.8, 4) is 0 Å². The summed E-state index contributed by atoms with van der Waals surface area (Å²) in [4.78, 5) is 4.37. The molecule has 0 bridgehead atoms. The Morgan fingerprint density at radius 3 is 2.57 bits per heavy atom. The first-order chi connectivity index (χ1) is 10.3. The Labute approximate surface area is 124 Å². The van der Waals surface area contributed by atoms with Crippen molar-refractivity contribution in [1.82, 2.24) is 4.98 Å². The van der Waals surface area contributed by atoms with Gasteiger partial charge in [0.2, 0.25) is 0 Å². The molecule has 0 saturated carbocycles. The minimum Gasteiger partial charge on any atom is -0.384 e. The standard InChI is InChI=1S/C18H19N3/c19-16(14-6-2-1-3-7-14)10-12-20-18-11-13-21-17-9-5-4-8-15(17)18/h1-9,11,13,16H,10,12,19H2,(H,20,21). The van der Waals surface area contributed by atoms with Crippen LogP contribution < -0.4 is 11.1 Å². The predicted molar refractivity (Wildman–Crippen MR) is 88.2 cm³/mol. The lowest BCUT2D eigenvalue weighted by Crippen LogP contribution is -2.15. The van der Waals surface area contributed by atoms with E-state index in [0.29, 0.717) is 0 Å². The highest BCUT2D eigenvalue weighted by Gasteiger charge is 2.05. The van der Waals surface area contributed by atoms with Crippen LogP contribution in [-0.2, 0) is 0 Å². The van der Waals surface area contributed by atoms with Gasteiger partial charge in [0.05, 0.1) is 5.52 Å². The van der Waals surface area contributed by atoms with E-state index in [4.69, 9.17) is 5.73 Å². The van der Waals surface area contributed by atoms with Gasteiger partial charge in [0, 0.05) is 29.9 Å². The van der Waals surface area contributed by atoms with Crippen LogP contribution in [0, 0.1) is 0 Å². The number of nitrogens with zero attached hydrogens (tertiary/aromatic N) is 1. The maximum atomic E-state index is 6.22. The summed E-state index contributed by atoms with van der Waals surface area (Å²) in [5.74, 6) is 0. The molecule has 3 rings (SSSR count). The van der Waals surface area contributed by atoms with Gasteiger partial charge in [-0.15, -0.1) is 0 Å². The molecule has 3 aromatic rings. The molecule has 21 heavy (non-hydrogen) atoms. The number of anilines is 1. The van der Waals surface area contributed by atoms with Crippen molar-refractivity contribution in [1.29, 1.82) is 0 Å². The monoisotopic (exact) mass is 277 g/mol. The van der Waals surface area contributed by atoms with Gasteiger partial charge in [0.1, 0.15) is 0 Å².